The first kappa shape index (κ1) is 88.7. The average Bonchev–Trinajstić information content (AvgIpc) is 0.790. The number of piperazine rings is 3. The molecule has 6 aromatic heterocycles. The van der Waals surface area contributed by atoms with Gasteiger partial charge in [0, 0.05) is 187 Å². The Morgan fingerprint density at radius 3 is 1.14 bits per heavy atom. The van der Waals surface area contributed by atoms with Crippen molar-refractivity contribution >= 4 is 106 Å². The van der Waals surface area contributed by atoms with Crippen LogP contribution >= 0.6 is 23.5 Å². The molecule has 0 aromatic carbocycles. The van der Waals surface area contributed by atoms with E-state index in [2.05, 4.69) is 52.8 Å². The number of nitrogens with zero attached hydrogens (tertiary/aromatic N) is 20. The molecule has 0 saturated carbocycles. The van der Waals surface area contributed by atoms with Crippen LogP contribution in [-0.2, 0) is 72.2 Å². The number of amides is 9. The summed E-state index contributed by atoms with van der Waals surface area (Å²) in [6.45, 7) is 11.3. The molecule has 8 aliphatic rings. The molecule has 3 N–H and O–H groups in total. The summed E-state index contributed by atoms with van der Waals surface area (Å²) in [6.07, 6.45) is 7.04. The Morgan fingerprint density at radius 2 is 0.803 bits per heavy atom. The summed E-state index contributed by atoms with van der Waals surface area (Å²) in [6, 6.07) is 15.5. The van der Waals surface area contributed by atoms with Gasteiger partial charge >= 0.3 is 18.1 Å². The predicted molar refractivity (Wildman–Crippen MR) is 447 cm³/mol. The lowest BCUT2D eigenvalue weighted by Crippen LogP contribution is -2.48. The van der Waals surface area contributed by atoms with E-state index in [1.54, 1.807) is 54.2 Å². The fourth-order valence-corrected chi connectivity index (χ4v) is 16.7. The van der Waals surface area contributed by atoms with Crippen LogP contribution in [0.2, 0.25) is 0 Å². The van der Waals surface area contributed by atoms with Gasteiger partial charge in [-0.2, -0.15) is 44.3 Å². The minimum absolute atomic E-state index is 0. The van der Waals surface area contributed by atoms with E-state index in [-0.39, 0.29) is 57.4 Å². The highest BCUT2D eigenvalue weighted by molar-refractivity contribution is 7.99. The van der Waals surface area contributed by atoms with Gasteiger partial charge in [0.05, 0.1) is 62.0 Å². The monoisotopic (exact) mass is 1650 g/mol. The average molecular weight is 1650 g/mol. The van der Waals surface area contributed by atoms with Crippen LogP contribution in [0.5, 0.6) is 5.88 Å². The number of hydrogen-bond acceptors (Lipinski definition) is 27. The minimum atomic E-state index is -0.797. The molecule has 0 aliphatic carbocycles. The van der Waals surface area contributed by atoms with Crippen molar-refractivity contribution in [2.75, 3.05) is 225 Å². The number of likely N-dealkylation sites (N-methyl/N-ethyl adjacent to an activating group) is 3. The molecular weight excluding hydrogens is 1540 g/mol. The number of thioether (sulfide) groups is 2. The lowest BCUT2D eigenvalue weighted by atomic mass is 10.0. The molecule has 0 atom stereocenters. The molecule has 626 valence electrons. The molecule has 117 heavy (non-hydrogen) atoms. The topological polar surface area (TPSA) is 369 Å². The summed E-state index contributed by atoms with van der Waals surface area (Å²) < 4.78 is 41.7. The van der Waals surface area contributed by atoms with Crippen LogP contribution in [0.1, 0.15) is 110 Å². The third kappa shape index (κ3) is 21.4. The zero-order valence-corrected chi connectivity index (χ0v) is 67.6. The first-order valence-electron chi connectivity index (χ1n) is 38.1. The second-order valence-electron chi connectivity index (χ2n) is 28.7. The van der Waals surface area contributed by atoms with E-state index in [4.69, 9.17) is 43.9 Å². The van der Waals surface area contributed by atoms with Gasteiger partial charge in [-0.15, -0.1) is 0 Å². The standard InChI is InChI=1S/C28H36N8O4S.C26H32N8O3S.C24H28FN7O4.2CH4.H2/c1-33-7-8-35(24(37)18-33)17-20-13-19-5-4-6-36(26(19)32-25(20)27(39-2)40-3)28(38)31-23-14-22(21(15-29)16-30-23)34-9-11-41-12-10-34;1-31-6-7-33(23(35)17-31)16-19-12-18-4-3-5-34(24(18)30-25(19)37-2)26(36)29-22-13-21(20(14-27)15-28-22)32-8-10-38-11-9-32;1-30-7-8-31(20(33)14-30)13-16-9-15-5-4-6-32(22(15)29-21(16)23(35-2)36-3)24(34)28-19-10-18(25)17(11-26)12-27-19;;;/h13-14,16,27H,4-12,17-18H2,1-3H3,(H,30,31,38);12-13,15H,3-11,16-17H2,1-2H3,(H,28,29,36);9-10,12,23H,4-8,13-14H2,1-3H3,(H,27,28,34);2*1H4;1H/i;;;;;1+1. The summed E-state index contributed by atoms with van der Waals surface area (Å²) in [7, 11) is 13.4. The van der Waals surface area contributed by atoms with Crippen molar-refractivity contribution in [2.45, 2.75) is 85.6 Å². The third-order valence-electron chi connectivity index (χ3n) is 21.0. The molecule has 34 nitrogen and oxygen atoms in total. The van der Waals surface area contributed by atoms with Crippen molar-refractivity contribution < 1.29 is 58.3 Å². The Morgan fingerprint density at radius 1 is 0.470 bits per heavy atom. The van der Waals surface area contributed by atoms with E-state index in [9.17, 15) is 43.7 Å². The van der Waals surface area contributed by atoms with E-state index >= 15 is 0 Å². The molecule has 0 unspecified atom stereocenters. The molecular formula is C80H106FN23O11S2. The number of carbonyl (C=O) groups is 6. The molecule has 0 spiro atoms. The molecule has 9 amide bonds. The number of methoxy groups -OCH3 is 5. The van der Waals surface area contributed by atoms with Crippen LogP contribution in [-0.4, -0.2) is 280 Å². The lowest BCUT2D eigenvalue weighted by molar-refractivity contribution is -0.137. The number of anilines is 8. The van der Waals surface area contributed by atoms with Gasteiger partial charge in [0.2, 0.25) is 36.2 Å². The molecule has 0 bridgehead atoms. The number of pyridine rings is 6. The number of nitrogens with one attached hydrogen (secondary N) is 3. The van der Waals surface area contributed by atoms with Crippen molar-refractivity contribution in [3.05, 3.63) is 122 Å². The minimum Gasteiger partial charge on any atom is -0.481 e. The van der Waals surface area contributed by atoms with Gasteiger partial charge in [0.15, 0.2) is 0 Å². The number of halogens is 1. The van der Waals surface area contributed by atoms with Crippen molar-refractivity contribution in [1.82, 2.24) is 59.3 Å². The van der Waals surface area contributed by atoms with E-state index < -0.39 is 24.4 Å². The summed E-state index contributed by atoms with van der Waals surface area (Å²) in [5.41, 5.74) is 8.56. The second kappa shape index (κ2) is 41.4. The summed E-state index contributed by atoms with van der Waals surface area (Å²) >= 11 is 3.78. The van der Waals surface area contributed by atoms with Crippen LogP contribution < -0.4 is 45.2 Å². The molecule has 6 aromatic rings. The maximum atomic E-state index is 14.0. The van der Waals surface area contributed by atoms with E-state index in [1.165, 1.54) is 31.5 Å². The number of aryl methyl sites for hydroxylation is 3. The fraction of sp³-hybridized carbons (Fsp3) is 0.512. The lowest BCUT2D eigenvalue weighted by Gasteiger charge is -2.34. The van der Waals surface area contributed by atoms with Crippen molar-refractivity contribution in [2.24, 2.45) is 0 Å². The number of hydrogen-bond donors (Lipinski definition) is 3. The van der Waals surface area contributed by atoms with Gasteiger partial charge in [0.25, 0.3) is 0 Å². The summed E-state index contributed by atoms with van der Waals surface area (Å²) in [5, 5.41) is 36.5. The zero-order chi connectivity index (χ0) is 81.4. The molecule has 14 rings (SSSR count). The number of rotatable bonds is 18. The predicted octanol–water partition coefficient (Wildman–Crippen LogP) is 8.18. The fourth-order valence-electron chi connectivity index (χ4n) is 14.9. The number of urea groups is 3. The SMILES string of the molecule is C.C.COC(OC)c1nc2c(cc1CN1CCN(C)CC1=O)CCCN2C(=O)Nc1cc(F)c(C#N)cn1.COC(OC)c1nc2c(cc1CN1CCN(C)CC1=O)CCCN2C(=O)Nc1cc(N2CCSCC2)c(C#N)cn1.COc1nc2c(cc1CN1CCN(C)CC1=O)CCCN2C(=O)Nc1cc(N2CCSCC2)c(C#N)cn1.[2HH]. The van der Waals surface area contributed by atoms with E-state index in [0.717, 1.165) is 152 Å². The summed E-state index contributed by atoms with van der Waals surface area (Å²) in [5.74, 6) is 6.09. The molecule has 8 aliphatic heterocycles. The Bertz CT molecular complexity index is 4710. The van der Waals surface area contributed by atoms with Crippen molar-refractivity contribution in [3.8, 4) is 24.1 Å². The third-order valence-corrected chi connectivity index (χ3v) is 22.9. The first-order chi connectivity index (χ1) is 55.7. The Balaban J connectivity index is 0.000000200. The smallest absolute Gasteiger partial charge is 0.328 e. The Labute approximate surface area is 692 Å². The number of nitriles is 3. The zero-order valence-electron chi connectivity index (χ0n) is 66.0. The van der Waals surface area contributed by atoms with Gasteiger partial charge in [-0.05, 0) is 106 Å². The van der Waals surface area contributed by atoms with Gasteiger partial charge in [-0.25, -0.2) is 43.7 Å². The maximum absolute atomic E-state index is 14.0. The van der Waals surface area contributed by atoms with Gasteiger partial charge in [0.1, 0.15) is 75.9 Å². The first-order valence-corrected chi connectivity index (χ1v) is 40.4. The van der Waals surface area contributed by atoms with Crippen molar-refractivity contribution in [1.29, 1.82) is 15.8 Å². The molecule has 5 fully saturated rings. The number of carbonyl (C=O) groups excluding carboxylic acids is 6. The number of ether oxygens (including phenoxy) is 5. The van der Waals surface area contributed by atoms with Gasteiger partial charge < -0.3 is 48.2 Å². The number of aromatic nitrogens is 6. The van der Waals surface area contributed by atoms with E-state index in [1.807, 2.05) is 87.4 Å². The second-order valence-corrected chi connectivity index (χ2v) is 31.2. The molecule has 5 saturated heterocycles. The summed E-state index contributed by atoms with van der Waals surface area (Å²) in [4.78, 5) is 125. The highest BCUT2D eigenvalue weighted by atomic mass is 32.2. The van der Waals surface area contributed by atoms with Crippen LogP contribution in [0.3, 0.4) is 0 Å². The van der Waals surface area contributed by atoms with Crippen LogP contribution in [0.25, 0.3) is 0 Å². The highest BCUT2D eigenvalue weighted by Crippen LogP contribution is 2.38. The van der Waals surface area contributed by atoms with Crippen molar-refractivity contribution in [3.63, 3.8) is 0 Å². The van der Waals surface area contributed by atoms with Gasteiger partial charge in [-0.1, -0.05) is 14.9 Å². The largest absolute Gasteiger partial charge is 0.481 e. The van der Waals surface area contributed by atoms with Crippen LogP contribution in [0.4, 0.5) is 65.1 Å². The highest BCUT2D eigenvalue weighted by Gasteiger charge is 2.36. The Hall–Kier alpha value is -10.7. The Kier molecular flexibility index (Phi) is 31.4. The normalized spacial score (nSPS) is 17.1. The maximum Gasteiger partial charge on any atom is 0.328 e. The molecule has 37 heteroatoms. The molecule has 14 heterocycles. The van der Waals surface area contributed by atoms with Crippen LogP contribution in [0.15, 0.2) is 55.0 Å². The molecule has 0 radical (unpaired) electrons. The number of fused-ring (bicyclic) bond motifs is 3. The quantitative estimate of drug-likeness (QED) is 0.0682. The van der Waals surface area contributed by atoms with Gasteiger partial charge in [-0.3, -0.25) is 59.7 Å². The van der Waals surface area contributed by atoms with Crippen LogP contribution in [0, 0.1) is 39.8 Å². The van der Waals surface area contributed by atoms with E-state index in [0.29, 0.717) is 149 Å².